The topological polar surface area (TPSA) is 0 Å². The van der Waals surface area contributed by atoms with Crippen LogP contribution in [-0.4, -0.2) is 41.5 Å². The van der Waals surface area contributed by atoms with Gasteiger partial charge in [-0.3, -0.25) is 0 Å². The molecule has 98 valence electrons. The summed E-state index contributed by atoms with van der Waals surface area (Å²) in [5.74, 6) is 0. The van der Waals surface area contributed by atoms with Crippen molar-refractivity contribution < 1.29 is 4.48 Å². The zero-order valence-corrected chi connectivity index (χ0v) is 14.2. The number of hydrogen-bond acceptors (Lipinski definition) is 0. The minimum atomic E-state index is 1.25. The molecular weight excluding hydrogens is 210 g/mol. The lowest BCUT2D eigenvalue weighted by Crippen LogP contribution is -2.41. The normalized spacial score (nSPS) is 12.2. The van der Waals surface area contributed by atoms with E-state index >= 15 is 0 Å². The molecule has 0 spiro atoms. The number of unbranched alkanes of at least 4 members (excludes halogenated alkanes) is 8. The van der Waals surface area contributed by atoms with Crippen LogP contribution in [0.2, 0.25) is 0 Å². The molecule has 0 amide bonds. The van der Waals surface area contributed by atoms with Gasteiger partial charge in [-0.05, 0) is 12.8 Å². The van der Waals surface area contributed by atoms with Crippen molar-refractivity contribution in [2.24, 2.45) is 0 Å². The fourth-order valence-corrected chi connectivity index (χ4v) is 2.32. The molecular formula is C14H34NSi+. The average molecular weight is 245 g/mol. The third-order valence-corrected chi connectivity index (χ3v) is 5.44. The summed E-state index contributed by atoms with van der Waals surface area (Å²) in [5, 5.41) is 0. The van der Waals surface area contributed by atoms with Gasteiger partial charge in [-0.25, -0.2) is 0 Å². The third kappa shape index (κ3) is 10.7. The molecule has 0 radical (unpaired) electrons. The Bertz CT molecular complexity index is 146. The summed E-state index contributed by atoms with van der Waals surface area (Å²) in [6, 6.07) is 0. The largest absolute Gasteiger partial charge is 0.333 e. The van der Waals surface area contributed by atoms with E-state index in [1.165, 1.54) is 85.2 Å². The fourth-order valence-electron chi connectivity index (χ4n) is 2.01. The van der Waals surface area contributed by atoms with Gasteiger partial charge in [0.25, 0.3) is 0 Å². The Labute approximate surface area is 107 Å². The molecule has 0 unspecified atom stereocenters. The molecule has 0 heterocycles. The van der Waals surface area contributed by atoms with Gasteiger partial charge in [-0.1, -0.05) is 51.9 Å². The molecule has 16 heavy (non-hydrogen) atoms. The van der Waals surface area contributed by atoms with E-state index in [9.17, 15) is 0 Å². The predicted molar refractivity (Wildman–Crippen MR) is 79.0 cm³/mol. The number of quaternary nitrogens is 1. The van der Waals surface area contributed by atoms with Crippen molar-refractivity contribution in [3.8, 4) is 0 Å². The molecule has 0 aromatic heterocycles. The molecule has 0 aromatic rings. The van der Waals surface area contributed by atoms with Crippen LogP contribution in [0.15, 0.2) is 0 Å². The van der Waals surface area contributed by atoms with E-state index in [1.54, 1.807) is 0 Å². The van der Waals surface area contributed by atoms with Crippen LogP contribution in [0.3, 0.4) is 0 Å². The average Bonchev–Trinajstić information content (AvgIpc) is 2.27. The summed E-state index contributed by atoms with van der Waals surface area (Å²) in [5.41, 5.74) is 0. The highest BCUT2D eigenvalue weighted by atomic mass is 28.1. The van der Waals surface area contributed by atoms with Gasteiger partial charge in [0.05, 0.1) is 37.1 Å². The lowest BCUT2D eigenvalue weighted by Gasteiger charge is -2.28. The van der Waals surface area contributed by atoms with Crippen LogP contribution in [-0.2, 0) is 0 Å². The summed E-state index contributed by atoms with van der Waals surface area (Å²) in [6.07, 6.45) is 14.4. The molecule has 0 aliphatic carbocycles. The molecule has 0 aliphatic heterocycles. The zero-order chi connectivity index (χ0) is 12.3. The van der Waals surface area contributed by atoms with Crippen molar-refractivity contribution in [2.45, 2.75) is 64.7 Å². The van der Waals surface area contributed by atoms with E-state index in [0.717, 1.165) is 0 Å². The van der Waals surface area contributed by atoms with Crippen LogP contribution < -0.4 is 0 Å². The molecule has 0 bridgehead atoms. The van der Waals surface area contributed by atoms with E-state index in [2.05, 4.69) is 21.0 Å². The number of rotatable bonds is 11. The lowest BCUT2D eigenvalue weighted by molar-refractivity contribution is -0.879. The molecule has 0 atom stereocenters. The van der Waals surface area contributed by atoms with Crippen molar-refractivity contribution in [1.82, 2.24) is 0 Å². The van der Waals surface area contributed by atoms with Crippen LogP contribution in [0.25, 0.3) is 0 Å². The molecule has 0 saturated heterocycles. The first-order chi connectivity index (χ1) is 7.62. The van der Waals surface area contributed by atoms with Gasteiger partial charge in [0, 0.05) is 0 Å². The van der Waals surface area contributed by atoms with Gasteiger partial charge in [-0.2, -0.15) is 0 Å². The maximum atomic E-state index is 2.37. The maximum Gasteiger partial charge on any atom is 0.0779 e. The fraction of sp³-hybridized carbons (Fsp3) is 1.00. The Morgan fingerprint density at radius 2 is 1.19 bits per heavy atom. The highest BCUT2D eigenvalue weighted by Gasteiger charge is 2.09. The van der Waals surface area contributed by atoms with Crippen molar-refractivity contribution in [3.63, 3.8) is 0 Å². The SMILES string of the molecule is CCCCCCCCCCC[N+](C)(C)C[SiH3]. The molecule has 0 saturated carbocycles. The molecule has 0 aliphatic rings. The monoisotopic (exact) mass is 244 g/mol. The van der Waals surface area contributed by atoms with E-state index in [1.807, 2.05) is 0 Å². The predicted octanol–water partition coefficient (Wildman–Crippen LogP) is 2.92. The van der Waals surface area contributed by atoms with Crippen molar-refractivity contribution >= 4 is 10.2 Å². The first kappa shape index (κ1) is 16.2. The Balaban J connectivity index is 3.10. The Kier molecular flexibility index (Phi) is 10.5. The quantitative estimate of drug-likeness (QED) is 0.298. The second kappa shape index (κ2) is 10.3. The van der Waals surface area contributed by atoms with Gasteiger partial charge in [0.1, 0.15) is 0 Å². The summed E-state index contributed by atoms with van der Waals surface area (Å²) >= 11 is 0. The maximum absolute atomic E-state index is 2.37. The number of nitrogens with zero attached hydrogens (tertiary/aromatic N) is 1. The smallest absolute Gasteiger partial charge is 0.0779 e. The second-order valence-electron chi connectivity index (χ2n) is 5.80. The summed E-state index contributed by atoms with van der Waals surface area (Å²) in [4.78, 5) is 0. The molecule has 0 fully saturated rings. The standard InChI is InChI=1S/C14H34NSi/c1-4-5-6-7-8-9-10-11-12-13-15(2,3)14-16/h4-14H2,1-3,16H3/q+1. The van der Waals surface area contributed by atoms with Crippen LogP contribution in [0.4, 0.5) is 0 Å². The Hall–Kier alpha value is 0.177. The zero-order valence-electron chi connectivity index (χ0n) is 12.2. The summed E-state index contributed by atoms with van der Waals surface area (Å²) < 4.78 is 1.25. The first-order valence-corrected chi connectivity index (χ1v) is 8.86. The Morgan fingerprint density at radius 1 is 0.750 bits per heavy atom. The minimum absolute atomic E-state index is 1.25. The lowest BCUT2D eigenvalue weighted by atomic mass is 10.1. The van der Waals surface area contributed by atoms with E-state index < -0.39 is 0 Å². The summed E-state index contributed by atoms with van der Waals surface area (Å²) in [6.45, 7) is 3.68. The molecule has 1 nitrogen and oxygen atoms in total. The molecule has 0 aromatic carbocycles. The van der Waals surface area contributed by atoms with Gasteiger partial charge < -0.3 is 4.48 Å². The molecule has 2 heteroatoms. The minimum Gasteiger partial charge on any atom is -0.333 e. The van der Waals surface area contributed by atoms with Crippen molar-refractivity contribution in [3.05, 3.63) is 0 Å². The second-order valence-corrected chi connectivity index (χ2v) is 6.44. The third-order valence-electron chi connectivity index (χ3n) is 3.72. The van der Waals surface area contributed by atoms with Crippen LogP contribution in [0, 0.1) is 0 Å². The van der Waals surface area contributed by atoms with Crippen LogP contribution >= 0.6 is 0 Å². The molecule has 0 rings (SSSR count). The summed E-state index contributed by atoms with van der Waals surface area (Å²) in [7, 11) is 6.09. The first-order valence-electron chi connectivity index (χ1n) is 7.44. The van der Waals surface area contributed by atoms with E-state index in [-0.39, 0.29) is 0 Å². The van der Waals surface area contributed by atoms with Gasteiger partial charge in [0.2, 0.25) is 0 Å². The molecule has 0 N–H and O–H groups in total. The van der Waals surface area contributed by atoms with E-state index in [0.29, 0.717) is 0 Å². The highest BCUT2D eigenvalue weighted by molar-refractivity contribution is 6.08. The Morgan fingerprint density at radius 3 is 1.62 bits per heavy atom. The van der Waals surface area contributed by atoms with Crippen molar-refractivity contribution in [2.75, 3.05) is 26.8 Å². The van der Waals surface area contributed by atoms with Gasteiger partial charge in [0.15, 0.2) is 0 Å². The van der Waals surface area contributed by atoms with Gasteiger partial charge >= 0.3 is 0 Å². The highest BCUT2D eigenvalue weighted by Crippen LogP contribution is 2.10. The van der Waals surface area contributed by atoms with Crippen LogP contribution in [0.1, 0.15) is 64.7 Å². The number of hydrogen-bond donors (Lipinski definition) is 0. The van der Waals surface area contributed by atoms with Crippen LogP contribution in [0.5, 0.6) is 0 Å². The van der Waals surface area contributed by atoms with Gasteiger partial charge in [-0.15, -0.1) is 0 Å². The van der Waals surface area contributed by atoms with E-state index in [4.69, 9.17) is 0 Å². The van der Waals surface area contributed by atoms with Crippen molar-refractivity contribution in [1.29, 1.82) is 0 Å².